The summed E-state index contributed by atoms with van der Waals surface area (Å²) in [5, 5.41) is 20.5. The Morgan fingerprint density at radius 3 is 2.50 bits per heavy atom. The lowest BCUT2D eigenvalue weighted by Crippen LogP contribution is -2.26. The SMILES string of the molecule is C=CC[C@@](C)(O)C[C@@H](O)c1ccc(Cl)cc1. The molecule has 0 bridgehead atoms. The van der Waals surface area contributed by atoms with Gasteiger partial charge in [-0.25, -0.2) is 0 Å². The fraction of sp³-hybridized carbons (Fsp3) is 0.385. The molecule has 0 amide bonds. The number of aliphatic hydroxyl groups is 2. The summed E-state index contributed by atoms with van der Waals surface area (Å²) < 4.78 is 0. The predicted octanol–water partition coefficient (Wildman–Crippen LogP) is 3.09. The number of hydrogen-bond acceptors (Lipinski definition) is 2. The van der Waals surface area contributed by atoms with Crippen LogP contribution in [-0.4, -0.2) is 15.8 Å². The topological polar surface area (TPSA) is 40.5 Å². The van der Waals surface area contributed by atoms with Crippen molar-refractivity contribution in [3.8, 4) is 0 Å². The molecule has 0 saturated heterocycles. The van der Waals surface area contributed by atoms with E-state index in [1.165, 1.54) is 0 Å². The zero-order chi connectivity index (χ0) is 12.2. The standard InChI is InChI=1S/C13H17ClO2/c1-3-8-13(2,16)9-12(15)10-4-6-11(14)7-5-10/h3-7,12,15-16H,1,8-9H2,2H3/t12-,13-/m1/s1. The van der Waals surface area contributed by atoms with Gasteiger partial charge in [0.15, 0.2) is 0 Å². The van der Waals surface area contributed by atoms with Crippen LogP contribution in [0.15, 0.2) is 36.9 Å². The van der Waals surface area contributed by atoms with Gasteiger partial charge in [0.1, 0.15) is 0 Å². The molecule has 0 heterocycles. The van der Waals surface area contributed by atoms with Gasteiger partial charge < -0.3 is 10.2 Å². The minimum atomic E-state index is -0.930. The van der Waals surface area contributed by atoms with Crippen molar-refractivity contribution < 1.29 is 10.2 Å². The lowest BCUT2D eigenvalue weighted by atomic mass is 9.92. The Hall–Kier alpha value is -0.830. The van der Waals surface area contributed by atoms with Crippen LogP contribution in [-0.2, 0) is 0 Å². The number of hydrogen-bond donors (Lipinski definition) is 2. The lowest BCUT2D eigenvalue weighted by molar-refractivity contribution is 0.00554. The monoisotopic (exact) mass is 240 g/mol. The third kappa shape index (κ3) is 3.97. The van der Waals surface area contributed by atoms with Crippen LogP contribution in [0.3, 0.4) is 0 Å². The van der Waals surface area contributed by atoms with Gasteiger partial charge in [-0.1, -0.05) is 29.8 Å². The molecule has 88 valence electrons. The van der Waals surface area contributed by atoms with Gasteiger partial charge in [-0.15, -0.1) is 6.58 Å². The average molecular weight is 241 g/mol. The fourth-order valence-corrected chi connectivity index (χ4v) is 1.74. The van der Waals surface area contributed by atoms with E-state index in [2.05, 4.69) is 6.58 Å². The molecule has 0 saturated carbocycles. The summed E-state index contributed by atoms with van der Waals surface area (Å²) in [6.07, 6.45) is 1.69. The van der Waals surface area contributed by atoms with E-state index in [1.54, 1.807) is 37.3 Å². The third-order valence-electron chi connectivity index (χ3n) is 2.47. The molecular formula is C13H17ClO2. The molecule has 0 aliphatic rings. The molecule has 0 radical (unpaired) electrons. The van der Waals surface area contributed by atoms with Gasteiger partial charge in [0.2, 0.25) is 0 Å². The molecule has 0 aliphatic carbocycles. The van der Waals surface area contributed by atoms with Gasteiger partial charge >= 0.3 is 0 Å². The van der Waals surface area contributed by atoms with Crippen LogP contribution in [0.2, 0.25) is 5.02 Å². The maximum Gasteiger partial charge on any atom is 0.0817 e. The highest BCUT2D eigenvalue weighted by Crippen LogP contribution is 2.27. The van der Waals surface area contributed by atoms with Crippen molar-refractivity contribution in [2.75, 3.05) is 0 Å². The molecule has 0 aromatic heterocycles. The highest BCUT2D eigenvalue weighted by Gasteiger charge is 2.23. The highest BCUT2D eigenvalue weighted by atomic mass is 35.5. The Labute approximate surface area is 101 Å². The second kappa shape index (κ2) is 5.48. The van der Waals surface area contributed by atoms with Crippen LogP contribution in [0, 0.1) is 0 Å². The summed E-state index contributed by atoms with van der Waals surface area (Å²) in [7, 11) is 0. The molecule has 1 aromatic rings. The molecule has 2 N–H and O–H groups in total. The summed E-state index contributed by atoms with van der Waals surface area (Å²) in [5.74, 6) is 0. The van der Waals surface area contributed by atoms with Crippen molar-refractivity contribution in [2.24, 2.45) is 0 Å². The van der Waals surface area contributed by atoms with Gasteiger partial charge in [-0.3, -0.25) is 0 Å². The smallest absolute Gasteiger partial charge is 0.0817 e. The van der Waals surface area contributed by atoms with E-state index in [-0.39, 0.29) is 6.42 Å². The molecule has 3 heteroatoms. The number of rotatable bonds is 5. The van der Waals surface area contributed by atoms with Crippen LogP contribution < -0.4 is 0 Å². The van der Waals surface area contributed by atoms with Gasteiger partial charge in [0, 0.05) is 11.4 Å². The van der Waals surface area contributed by atoms with Crippen molar-refractivity contribution >= 4 is 11.6 Å². The summed E-state index contributed by atoms with van der Waals surface area (Å²) >= 11 is 5.75. The Morgan fingerprint density at radius 1 is 1.44 bits per heavy atom. The first-order valence-electron chi connectivity index (χ1n) is 5.21. The van der Waals surface area contributed by atoms with E-state index in [4.69, 9.17) is 11.6 Å². The Kier molecular flexibility index (Phi) is 4.54. The second-order valence-corrected chi connectivity index (χ2v) is 4.70. The van der Waals surface area contributed by atoms with Crippen LogP contribution in [0.5, 0.6) is 0 Å². The zero-order valence-corrected chi connectivity index (χ0v) is 10.1. The van der Waals surface area contributed by atoms with Crippen LogP contribution in [0.1, 0.15) is 31.4 Å². The van der Waals surface area contributed by atoms with Gasteiger partial charge in [-0.05, 0) is 31.0 Å². The van der Waals surface area contributed by atoms with E-state index in [9.17, 15) is 10.2 Å². The number of benzene rings is 1. The van der Waals surface area contributed by atoms with Gasteiger partial charge in [0.25, 0.3) is 0 Å². The summed E-state index contributed by atoms with van der Waals surface area (Å²) in [5.41, 5.74) is -0.172. The predicted molar refractivity (Wildman–Crippen MR) is 66.5 cm³/mol. The van der Waals surface area contributed by atoms with Crippen LogP contribution in [0.4, 0.5) is 0 Å². The first kappa shape index (κ1) is 13.2. The normalized spacial score (nSPS) is 16.5. The number of halogens is 1. The molecule has 16 heavy (non-hydrogen) atoms. The Balaban J connectivity index is 2.68. The fourth-order valence-electron chi connectivity index (χ4n) is 1.61. The van der Waals surface area contributed by atoms with Crippen LogP contribution >= 0.6 is 11.6 Å². The first-order valence-corrected chi connectivity index (χ1v) is 5.59. The molecule has 0 aliphatic heterocycles. The average Bonchev–Trinajstić information content (AvgIpc) is 2.17. The van der Waals surface area contributed by atoms with E-state index in [0.717, 1.165) is 5.56 Å². The van der Waals surface area contributed by atoms with E-state index in [1.807, 2.05) is 0 Å². The maximum atomic E-state index is 9.94. The van der Waals surface area contributed by atoms with Crippen molar-refractivity contribution in [1.82, 2.24) is 0 Å². The van der Waals surface area contributed by atoms with Crippen LogP contribution in [0.25, 0.3) is 0 Å². The minimum Gasteiger partial charge on any atom is -0.390 e. The molecule has 2 nitrogen and oxygen atoms in total. The number of aliphatic hydroxyl groups excluding tert-OH is 1. The van der Waals surface area contributed by atoms with Crippen molar-refractivity contribution in [1.29, 1.82) is 0 Å². The highest BCUT2D eigenvalue weighted by molar-refractivity contribution is 6.30. The molecule has 1 rings (SSSR count). The van der Waals surface area contributed by atoms with Crippen molar-refractivity contribution in [3.63, 3.8) is 0 Å². The lowest BCUT2D eigenvalue weighted by Gasteiger charge is -2.24. The van der Waals surface area contributed by atoms with Crippen molar-refractivity contribution in [3.05, 3.63) is 47.5 Å². The third-order valence-corrected chi connectivity index (χ3v) is 2.72. The minimum absolute atomic E-state index is 0.278. The Morgan fingerprint density at radius 2 is 2.00 bits per heavy atom. The maximum absolute atomic E-state index is 9.94. The molecular weight excluding hydrogens is 224 g/mol. The second-order valence-electron chi connectivity index (χ2n) is 4.26. The summed E-state index contributed by atoms with van der Waals surface area (Å²) in [6, 6.07) is 6.97. The van der Waals surface area contributed by atoms with E-state index >= 15 is 0 Å². The zero-order valence-electron chi connectivity index (χ0n) is 9.36. The summed E-state index contributed by atoms with van der Waals surface area (Å²) in [6.45, 7) is 5.27. The van der Waals surface area contributed by atoms with Crippen molar-refractivity contribution in [2.45, 2.75) is 31.5 Å². The Bertz CT molecular complexity index is 343. The van der Waals surface area contributed by atoms with Gasteiger partial charge in [-0.2, -0.15) is 0 Å². The summed E-state index contributed by atoms with van der Waals surface area (Å²) in [4.78, 5) is 0. The molecule has 0 unspecified atom stereocenters. The van der Waals surface area contributed by atoms with E-state index < -0.39 is 11.7 Å². The first-order chi connectivity index (χ1) is 7.44. The van der Waals surface area contributed by atoms with E-state index in [0.29, 0.717) is 11.4 Å². The molecule has 0 fully saturated rings. The molecule has 1 aromatic carbocycles. The molecule has 2 atom stereocenters. The quantitative estimate of drug-likeness (QED) is 0.777. The molecule has 0 spiro atoms. The largest absolute Gasteiger partial charge is 0.390 e. The van der Waals surface area contributed by atoms with Gasteiger partial charge in [0.05, 0.1) is 11.7 Å².